The average molecular weight is 438 g/mol. The number of nitrogens with one attached hydrogen (secondary N) is 1. The van der Waals surface area contributed by atoms with Gasteiger partial charge >= 0.3 is 5.97 Å². The topological polar surface area (TPSA) is 64.6 Å². The van der Waals surface area contributed by atoms with Crippen molar-refractivity contribution in [2.75, 3.05) is 18.5 Å². The molecule has 0 spiro atoms. The summed E-state index contributed by atoms with van der Waals surface area (Å²) in [4.78, 5) is 26.4. The zero-order chi connectivity index (χ0) is 22.5. The molecule has 0 unspecified atom stereocenters. The monoisotopic (exact) mass is 437 g/mol. The molecular formula is C25H27NO4S. The summed E-state index contributed by atoms with van der Waals surface area (Å²) in [6.45, 7) is 9.73. The van der Waals surface area contributed by atoms with Crippen LogP contribution in [0.4, 0.5) is 5.00 Å². The highest BCUT2D eigenvalue weighted by atomic mass is 32.1. The number of amides is 1. The molecule has 0 aliphatic rings. The van der Waals surface area contributed by atoms with Crippen molar-refractivity contribution < 1.29 is 19.1 Å². The van der Waals surface area contributed by atoms with Gasteiger partial charge in [-0.3, -0.25) is 4.79 Å². The highest BCUT2D eigenvalue weighted by molar-refractivity contribution is 7.17. The Labute approximate surface area is 187 Å². The van der Waals surface area contributed by atoms with E-state index in [1.807, 2.05) is 70.2 Å². The van der Waals surface area contributed by atoms with Gasteiger partial charge in [-0.1, -0.05) is 42.5 Å². The summed E-state index contributed by atoms with van der Waals surface area (Å²) in [5.74, 6) is -0.0629. The minimum Gasteiger partial charge on any atom is -0.483 e. The first kappa shape index (κ1) is 22.6. The van der Waals surface area contributed by atoms with Gasteiger partial charge in [-0.15, -0.1) is 11.3 Å². The number of anilines is 1. The van der Waals surface area contributed by atoms with E-state index in [4.69, 9.17) is 9.47 Å². The summed E-state index contributed by atoms with van der Waals surface area (Å²) < 4.78 is 11.1. The molecule has 0 aliphatic heterocycles. The number of benzene rings is 2. The molecule has 1 aromatic heterocycles. The van der Waals surface area contributed by atoms with Crippen LogP contribution in [0.15, 0.2) is 42.5 Å². The number of rotatable bonds is 7. The molecular weight excluding hydrogens is 410 g/mol. The third-order valence-electron chi connectivity index (χ3n) is 5.10. The molecule has 0 saturated carbocycles. The maximum atomic E-state index is 12.8. The van der Waals surface area contributed by atoms with Gasteiger partial charge < -0.3 is 14.8 Å². The second-order valence-electron chi connectivity index (χ2n) is 7.31. The largest absolute Gasteiger partial charge is 0.483 e. The van der Waals surface area contributed by atoms with Gasteiger partial charge in [-0.2, -0.15) is 0 Å². The minimum absolute atomic E-state index is 0.148. The number of carbonyl (C=O) groups is 2. The molecule has 0 fully saturated rings. The number of thiophene rings is 1. The lowest BCUT2D eigenvalue weighted by Gasteiger charge is -2.14. The van der Waals surface area contributed by atoms with E-state index in [2.05, 4.69) is 5.32 Å². The van der Waals surface area contributed by atoms with Crippen LogP contribution >= 0.6 is 11.3 Å². The Hall–Kier alpha value is -3.12. The highest BCUT2D eigenvalue weighted by Gasteiger charge is 2.25. The van der Waals surface area contributed by atoms with Crippen molar-refractivity contribution in [3.63, 3.8) is 0 Å². The predicted octanol–water partition coefficient (Wildman–Crippen LogP) is 5.84. The van der Waals surface area contributed by atoms with Crippen molar-refractivity contribution in [2.45, 2.75) is 34.6 Å². The Morgan fingerprint density at radius 1 is 0.968 bits per heavy atom. The molecule has 0 aliphatic carbocycles. The van der Waals surface area contributed by atoms with E-state index >= 15 is 0 Å². The van der Waals surface area contributed by atoms with Crippen LogP contribution in [0.5, 0.6) is 5.75 Å². The van der Waals surface area contributed by atoms with Gasteiger partial charge in [0, 0.05) is 10.4 Å². The predicted molar refractivity (Wildman–Crippen MR) is 125 cm³/mol. The number of hydrogen-bond acceptors (Lipinski definition) is 5. The molecule has 1 amide bonds. The number of aryl methyl sites for hydroxylation is 3. The molecule has 3 rings (SSSR count). The zero-order valence-corrected chi connectivity index (χ0v) is 19.3. The fraction of sp³-hybridized carbons (Fsp3) is 0.280. The first-order valence-electron chi connectivity index (χ1n) is 10.2. The number of hydrogen-bond donors (Lipinski definition) is 1. The summed E-state index contributed by atoms with van der Waals surface area (Å²) in [5, 5.41) is 3.33. The first-order valence-corrected chi connectivity index (χ1v) is 11.0. The molecule has 6 heteroatoms. The van der Waals surface area contributed by atoms with Crippen LogP contribution in [-0.2, 0) is 9.53 Å². The van der Waals surface area contributed by atoms with E-state index in [1.54, 1.807) is 6.92 Å². The van der Waals surface area contributed by atoms with Crippen LogP contribution in [0.1, 0.15) is 38.8 Å². The maximum Gasteiger partial charge on any atom is 0.341 e. The molecule has 5 nitrogen and oxygen atoms in total. The van der Waals surface area contributed by atoms with Gasteiger partial charge in [0.15, 0.2) is 6.61 Å². The Kier molecular flexibility index (Phi) is 7.13. The number of ether oxygens (including phenoxy) is 2. The molecule has 1 heterocycles. The summed E-state index contributed by atoms with van der Waals surface area (Å²) in [6.07, 6.45) is 0. The molecule has 0 radical (unpaired) electrons. The number of esters is 1. The summed E-state index contributed by atoms with van der Waals surface area (Å²) in [7, 11) is 0. The minimum atomic E-state index is -0.452. The number of carbonyl (C=O) groups excluding carboxylic acids is 2. The van der Waals surface area contributed by atoms with Crippen molar-refractivity contribution in [3.8, 4) is 16.9 Å². The lowest BCUT2D eigenvalue weighted by Crippen LogP contribution is -2.21. The Morgan fingerprint density at radius 3 is 2.32 bits per heavy atom. The van der Waals surface area contributed by atoms with E-state index in [-0.39, 0.29) is 19.1 Å². The highest BCUT2D eigenvalue weighted by Crippen LogP contribution is 2.40. The lowest BCUT2D eigenvalue weighted by atomic mass is 10.0. The quantitative estimate of drug-likeness (QED) is 0.472. The van der Waals surface area contributed by atoms with Gasteiger partial charge in [0.25, 0.3) is 5.91 Å². The Morgan fingerprint density at radius 2 is 1.65 bits per heavy atom. The molecule has 162 valence electrons. The van der Waals surface area contributed by atoms with Gasteiger partial charge in [0.05, 0.1) is 6.61 Å². The molecule has 0 bridgehead atoms. The van der Waals surface area contributed by atoms with Gasteiger partial charge in [0.1, 0.15) is 16.3 Å². The van der Waals surface area contributed by atoms with Crippen molar-refractivity contribution in [3.05, 3.63) is 69.6 Å². The summed E-state index contributed by atoms with van der Waals surface area (Å²) >= 11 is 1.36. The van der Waals surface area contributed by atoms with Crippen LogP contribution in [0.25, 0.3) is 11.1 Å². The normalized spacial score (nSPS) is 10.6. The SMILES string of the molecule is CCOC(=O)c1c(NC(=O)COc2c(C)ccc(C)c2C)sc(C)c1-c1ccccc1. The van der Waals surface area contributed by atoms with Crippen LogP contribution in [-0.4, -0.2) is 25.1 Å². The molecule has 31 heavy (non-hydrogen) atoms. The van der Waals surface area contributed by atoms with Gasteiger partial charge in [0.2, 0.25) is 0 Å². The molecule has 1 N–H and O–H groups in total. The van der Waals surface area contributed by atoms with E-state index in [0.29, 0.717) is 16.3 Å². The average Bonchev–Trinajstić information content (AvgIpc) is 3.07. The molecule has 3 aromatic rings. The van der Waals surface area contributed by atoms with Crippen LogP contribution in [0.2, 0.25) is 0 Å². The van der Waals surface area contributed by atoms with Crippen LogP contribution < -0.4 is 10.1 Å². The lowest BCUT2D eigenvalue weighted by molar-refractivity contribution is -0.118. The zero-order valence-electron chi connectivity index (χ0n) is 18.5. The third kappa shape index (κ3) is 4.97. The Balaban J connectivity index is 1.87. The fourth-order valence-corrected chi connectivity index (χ4v) is 4.51. The van der Waals surface area contributed by atoms with Gasteiger partial charge in [-0.25, -0.2) is 4.79 Å². The Bertz CT molecular complexity index is 1100. The van der Waals surface area contributed by atoms with E-state index < -0.39 is 5.97 Å². The van der Waals surface area contributed by atoms with Crippen molar-refractivity contribution in [2.24, 2.45) is 0 Å². The smallest absolute Gasteiger partial charge is 0.341 e. The first-order chi connectivity index (χ1) is 14.8. The van der Waals surface area contributed by atoms with E-state index in [9.17, 15) is 9.59 Å². The van der Waals surface area contributed by atoms with E-state index in [0.717, 1.165) is 32.7 Å². The van der Waals surface area contributed by atoms with Crippen LogP contribution in [0.3, 0.4) is 0 Å². The maximum absolute atomic E-state index is 12.8. The standard InChI is InChI=1S/C25H27NO4S/c1-6-29-25(28)22-21(19-10-8-7-9-11-19)18(5)31-24(22)26-20(27)14-30-23-16(3)13-12-15(2)17(23)4/h7-13H,6,14H2,1-5H3,(H,26,27). The third-order valence-corrected chi connectivity index (χ3v) is 6.12. The van der Waals surface area contributed by atoms with Crippen molar-refractivity contribution in [1.29, 1.82) is 0 Å². The van der Waals surface area contributed by atoms with Crippen molar-refractivity contribution in [1.82, 2.24) is 0 Å². The summed E-state index contributed by atoms with van der Waals surface area (Å²) in [6, 6.07) is 13.6. The van der Waals surface area contributed by atoms with Crippen molar-refractivity contribution >= 4 is 28.2 Å². The summed E-state index contributed by atoms with van der Waals surface area (Å²) in [5.41, 5.74) is 5.16. The van der Waals surface area contributed by atoms with E-state index in [1.165, 1.54) is 11.3 Å². The molecule has 0 saturated heterocycles. The fourth-order valence-electron chi connectivity index (χ4n) is 3.43. The molecule has 0 atom stereocenters. The van der Waals surface area contributed by atoms with Gasteiger partial charge in [-0.05, 0) is 56.9 Å². The second kappa shape index (κ2) is 9.79. The van der Waals surface area contributed by atoms with Crippen LogP contribution in [0, 0.1) is 27.7 Å². The second-order valence-corrected chi connectivity index (χ2v) is 8.54. The molecule has 2 aromatic carbocycles.